The monoisotopic (exact) mass is 232 g/mol. The van der Waals surface area contributed by atoms with Crippen molar-refractivity contribution in [3.63, 3.8) is 0 Å². The number of benzene rings is 1. The van der Waals surface area contributed by atoms with E-state index in [1.54, 1.807) is 0 Å². The van der Waals surface area contributed by atoms with Gasteiger partial charge >= 0.3 is 6.03 Å². The van der Waals surface area contributed by atoms with Crippen molar-refractivity contribution in [2.45, 2.75) is 6.54 Å². The highest BCUT2D eigenvalue weighted by Gasteiger charge is 2.00. The highest BCUT2D eigenvalue weighted by atomic mass is 16.2. The molecule has 2 amide bonds. The van der Waals surface area contributed by atoms with Gasteiger partial charge in [-0.25, -0.2) is 4.79 Å². The van der Waals surface area contributed by atoms with Gasteiger partial charge in [0.2, 0.25) is 0 Å². The Morgan fingerprint density at radius 1 is 1.29 bits per heavy atom. The van der Waals surface area contributed by atoms with Crippen LogP contribution in [-0.4, -0.2) is 24.1 Å². The maximum Gasteiger partial charge on any atom is 0.312 e. The van der Waals surface area contributed by atoms with Gasteiger partial charge in [0, 0.05) is 31.3 Å². The Hall–Kier alpha value is -2.01. The normalized spacial score (nSPS) is 10.6. The van der Waals surface area contributed by atoms with Gasteiger partial charge in [-0.1, -0.05) is 18.2 Å². The van der Waals surface area contributed by atoms with Gasteiger partial charge in [-0.3, -0.25) is 0 Å². The van der Waals surface area contributed by atoms with Crippen molar-refractivity contribution in [1.29, 1.82) is 0 Å². The van der Waals surface area contributed by atoms with Crippen LogP contribution in [0.25, 0.3) is 10.9 Å². The Morgan fingerprint density at radius 2 is 2.18 bits per heavy atom. The third-order valence-electron chi connectivity index (χ3n) is 2.59. The van der Waals surface area contributed by atoms with Gasteiger partial charge in [0.15, 0.2) is 0 Å². The number of aromatic amines is 1. The lowest BCUT2D eigenvalue weighted by Crippen LogP contribution is -2.35. The Morgan fingerprint density at radius 3 is 3.00 bits per heavy atom. The zero-order chi connectivity index (χ0) is 12.1. The minimum absolute atomic E-state index is 0.488. The summed E-state index contributed by atoms with van der Waals surface area (Å²) in [6, 6.07) is 7.75. The number of amides is 2. The van der Waals surface area contributed by atoms with Crippen LogP contribution in [0.1, 0.15) is 5.56 Å². The molecule has 0 bridgehead atoms. The van der Waals surface area contributed by atoms with Gasteiger partial charge in [0.05, 0.1) is 0 Å². The number of primary amides is 1. The summed E-state index contributed by atoms with van der Waals surface area (Å²) in [5, 5.41) is 6.99. The van der Waals surface area contributed by atoms with E-state index in [4.69, 9.17) is 5.73 Å². The molecule has 1 aromatic carbocycles. The van der Waals surface area contributed by atoms with Crippen LogP contribution < -0.4 is 16.4 Å². The molecule has 0 unspecified atom stereocenters. The predicted octanol–water partition coefficient (Wildman–Crippen LogP) is 0.926. The lowest BCUT2D eigenvalue weighted by atomic mass is 10.1. The maximum atomic E-state index is 10.5. The Labute approximate surface area is 99.4 Å². The zero-order valence-corrected chi connectivity index (χ0v) is 9.49. The van der Waals surface area contributed by atoms with E-state index in [2.05, 4.69) is 27.8 Å². The first-order chi connectivity index (χ1) is 8.27. The number of para-hydroxylation sites is 1. The van der Waals surface area contributed by atoms with Gasteiger partial charge in [-0.15, -0.1) is 0 Å². The SMILES string of the molecule is NC(=O)NCCNCc1cccc2cc[nH]c12. The number of hydrogen-bond donors (Lipinski definition) is 4. The van der Waals surface area contributed by atoms with E-state index in [1.807, 2.05) is 18.3 Å². The molecule has 1 heterocycles. The van der Waals surface area contributed by atoms with E-state index < -0.39 is 6.03 Å². The average molecular weight is 232 g/mol. The number of H-pyrrole nitrogens is 1. The molecule has 0 fully saturated rings. The van der Waals surface area contributed by atoms with Crippen LogP contribution in [0.15, 0.2) is 30.5 Å². The zero-order valence-electron chi connectivity index (χ0n) is 9.49. The van der Waals surface area contributed by atoms with Crippen LogP contribution in [0.4, 0.5) is 4.79 Å². The summed E-state index contributed by atoms with van der Waals surface area (Å²) in [5.74, 6) is 0. The smallest absolute Gasteiger partial charge is 0.312 e. The second-order valence-corrected chi connectivity index (χ2v) is 3.83. The molecule has 0 spiro atoms. The fraction of sp³-hybridized carbons (Fsp3) is 0.250. The summed E-state index contributed by atoms with van der Waals surface area (Å²) >= 11 is 0. The van der Waals surface area contributed by atoms with Crippen LogP contribution >= 0.6 is 0 Å². The number of aromatic nitrogens is 1. The molecule has 17 heavy (non-hydrogen) atoms. The van der Waals surface area contributed by atoms with E-state index in [9.17, 15) is 4.79 Å². The Bertz CT molecular complexity index is 506. The first-order valence-corrected chi connectivity index (χ1v) is 5.56. The third-order valence-corrected chi connectivity index (χ3v) is 2.59. The molecule has 0 radical (unpaired) electrons. The number of carbonyl (C=O) groups is 1. The average Bonchev–Trinajstić information content (AvgIpc) is 2.77. The van der Waals surface area contributed by atoms with E-state index in [1.165, 1.54) is 10.9 Å². The minimum atomic E-state index is -0.488. The molecule has 0 atom stereocenters. The summed E-state index contributed by atoms with van der Waals surface area (Å²) < 4.78 is 0. The molecule has 0 aliphatic rings. The molecule has 0 aliphatic heterocycles. The molecular formula is C12H16N4O. The van der Waals surface area contributed by atoms with Crippen LogP contribution in [0.3, 0.4) is 0 Å². The van der Waals surface area contributed by atoms with Crippen molar-refractivity contribution in [3.05, 3.63) is 36.0 Å². The lowest BCUT2D eigenvalue weighted by molar-refractivity contribution is 0.249. The Kier molecular flexibility index (Phi) is 3.62. The molecular weight excluding hydrogens is 216 g/mol. The highest BCUT2D eigenvalue weighted by molar-refractivity contribution is 5.82. The molecule has 90 valence electrons. The second kappa shape index (κ2) is 5.36. The molecule has 5 nitrogen and oxygen atoms in total. The number of urea groups is 1. The van der Waals surface area contributed by atoms with Crippen molar-refractivity contribution in [2.75, 3.05) is 13.1 Å². The van der Waals surface area contributed by atoms with E-state index in [0.717, 1.165) is 12.1 Å². The van der Waals surface area contributed by atoms with Crippen LogP contribution in [0.5, 0.6) is 0 Å². The fourth-order valence-electron chi connectivity index (χ4n) is 1.79. The van der Waals surface area contributed by atoms with Gasteiger partial charge in [-0.05, 0) is 17.0 Å². The maximum absolute atomic E-state index is 10.5. The van der Waals surface area contributed by atoms with Crippen molar-refractivity contribution in [2.24, 2.45) is 5.73 Å². The van der Waals surface area contributed by atoms with Gasteiger partial charge in [-0.2, -0.15) is 0 Å². The topological polar surface area (TPSA) is 82.9 Å². The summed E-state index contributed by atoms with van der Waals surface area (Å²) in [5.41, 5.74) is 7.33. The largest absolute Gasteiger partial charge is 0.361 e. The minimum Gasteiger partial charge on any atom is -0.361 e. The van der Waals surface area contributed by atoms with E-state index >= 15 is 0 Å². The standard InChI is InChI=1S/C12H16N4O/c13-12(17)16-7-6-14-8-10-3-1-2-9-4-5-15-11(9)10/h1-5,14-15H,6-8H2,(H3,13,16,17). The summed E-state index contributed by atoms with van der Waals surface area (Å²) in [6.07, 6.45) is 1.93. The summed E-state index contributed by atoms with van der Waals surface area (Å²) in [4.78, 5) is 13.7. The quantitative estimate of drug-likeness (QED) is 0.578. The molecule has 2 aromatic rings. The number of hydrogen-bond acceptors (Lipinski definition) is 2. The fourth-order valence-corrected chi connectivity index (χ4v) is 1.79. The molecule has 2 rings (SSSR count). The first-order valence-electron chi connectivity index (χ1n) is 5.56. The Balaban J connectivity index is 1.86. The first kappa shape index (κ1) is 11.5. The number of nitrogens with one attached hydrogen (secondary N) is 3. The van der Waals surface area contributed by atoms with E-state index in [0.29, 0.717) is 13.1 Å². The second-order valence-electron chi connectivity index (χ2n) is 3.83. The van der Waals surface area contributed by atoms with Crippen LogP contribution in [0.2, 0.25) is 0 Å². The van der Waals surface area contributed by atoms with E-state index in [-0.39, 0.29) is 0 Å². The number of nitrogens with two attached hydrogens (primary N) is 1. The molecule has 0 saturated carbocycles. The number of carbonyl (C=O) groups excluding carboxylic acids is 1. The van der Waals surface area contributed by atoms with Crippen molar-refractivity contribution in [3.8, 4) is 0 Å². The number of rotatable bonds is 5. The lowest BCUT2D eigenvalue weighted by Gasteiger charge is -2.06. The van der Waals surface area contributed by atoms with Gasteiger partial charge in [0.1, 0.15) is 0 Å². The third kappa shape index (κ3) is 2.98. The van der Waals surface area contributed by atoms with Crippen molar-refractivity contribution >= 4 is 16.9 Å². The van der Waals surface area contributed by atoms with Crippen molar-refractivity contribution in [1.82, 2.24) is 15.6 Å². The molecule has 5 heteroatoms. The van der Waals surface area contributed by atoms with Gasteiger partial charge < -0.3 is 21.4 Å². The highest BCUT2D eigenvalue weighted by Crippen LogP contribution is 2.16. The predicted molar refractivity (Wildman–Crippen MR) is 67.6 cm³/mol. The summed E-state index contributed by atoms with van der Waals surface area (Å²) in [6.45, 7) is 1.99. The molecule has 0 aliphatic carbocycles. The summed E-state index contributed by atoms with van der Waals surface area (Å²) in [7, 11) is 0. The molecule has 0 saturated heterocycles. The van der Waals surface area contributed by atoms with Crippen LogP contribution in [0, 0.1) is 0 Å². The molecule has 5 N–H and O–H groups in total. The molecule has 1 aromatic heterocycles. The van der Waals surface area contributed by atoms with Gasteiger partial charge in [0.25, 0.3) is 0 Å². The van der Waals surface area contributed by atoms with Crippen molar-refractivity contribution < 1.29 is 4.79 Å². The van der Waals surface area contributed by atoms with Crippen LogP contribution in [-0.2, 0) is 6.54 Å². The number of fused-ring (bicyclic) bond motifs is 1.